The van der Waals surface area contributed by atoms with Crippen LogP contribution in [0.25, 0.3) is 0 Å². The molecule has 2 rings (SSSR count). The topological polar surface area (TPSA) is 47.5 Å². The van der Waals surface area contributed by atoms with Crippen molar-refractivity contribution in [3.8, 4) is 5.88 Å². The molecule has 2 atom stereocenters. The van der Waals surface area contributed by atoms with E-state index in [-0.39, 0.29) is 18.3 Å². The largest absolute Gasteiger partial charge is 0.475 e. The van der Waals surface area contributed by atoms with Crippen LogP contribution in [0.4, 0.5) is 5.95 Å². The SMILES string of the molecule is Cc1cc(OC(C)C)nc(N2CC(C)OC(CBr)C2)n1. The number of morpholine rings is 1. The maximum atomic E-state index is 5.84. The van der Waals surface area contributed by atoms with Gasteiger partial charge in [-0.15, -0.1) is 0 Å². The Hall–Kier alpha value is -0.880. The quantitative estimate of drug-likeness (QED) is 0.786. The summed E-state index contributed by atoms with van der Waals surface area (Å²) in [5.74, 6) is 1.36. The van der Waals surface area contributed by atoms with Gasteiger partial charge in [0.05, 0.1) is 18.3 Å². The summed E-state index contributed by atoms with van der Waals surface area (Å²) < 4.78 is 11.5. The van der Waals surface area contributed by atoms with Crippen LogP contribution in [-0.4, -0.2) is 46.7 Å². The number of ether oxygens (including phenoxy) is 2. The first-order chi connectivity index (χ1) is 9.47. The second-order valence-electron chi connectivity index (χ2n) is 5.44. The van der Waals surface area contributed by atoms with Crippen LogP contribution < -0.4 is 9.64 Å². The molecule has 20 heavy (non-hydrogen) atoms. The van der Waals surface area contributed by atoms with E-state index in [9.17, 15) is 0 Å². The van der Waals surface area contributed by atoms with Gasteiger partial charge in [0, 0.05) is 30.2 Å². The van der Waals surface area contributed by atoms with Gasteiger partial charge in [0.1, 0.15) is 0 Å². The summed E-state index contributed by atoms with van der Waals surface area (Å²) in [6.07, 6.45) is 0.443. The maximum absolute atomic E-state index is 5.84. The van der Waals surface area contributed by atoms with Gasteiger partial charge in [-0.2, -0.15) is 4.98 Å². The summed E-state index contributed by atoms with van der Waals surface area (Å²) in [6, 6.07) is 1.87. The Labute approximate surface area is 128 Å². The molecule has 0 spiro atoms. The molecule has 1 aliphatic rings. The smallest absolute Gasteiger partial charge is 0.229 e. The molecule has 0 bridgehead atoms. The second kappa shape index (κ2) is 6.72. The third kappa shape index (κ3) is 4.06. The van der Waals surface area contributed by atoms with E-state index in [4.69, 9.17) is 9.47 Å². The van der Waals surface area contributed by atoms with Gasteiger partial charge in [-0.05, 0) is 27.7 Å². The molecule has 0 aromatic carbocycles. The van der Waals surface area contributed by atoms with E-state index in [0.717, 1.165) is 30.1 Å². The zero-order valence-electron chi connectivity index (χ0n) is 12.5. The average Bonchev–Trinajstić information content (AvgIpc) is 2.36. The molecule has 1 saturated heterocycles. The van der Waals surface area contributed by atoms with Gasteiger partial charge >= 0.3 is 0 Å². The Morgan fingerprint density at radius 1 is 1.45 bits per heavy atom. The average molecular weight is 344 g/mol. The first kappa shape index (κ1) is 15.5. The van der Waals surface area contributed by atoms with E-state index >= 15 is 0 Å². The predicted molar refractivity (Wildman–Crippen MR) is 82.9 cm³/mol. The minimum Gasteiger partial charge on any atom is -0.475 e. The summed E-state index contributed by atoms with van der Waals surface area (Å²) in [4.78, 5) is 11.2. The fraction of sp³-hybridized carbons (Fsp3) is 0.714. The van der Waals surface area contributed by atoms with E-state index in [1.807, 2.05) is 26.8 Å². The van der Waals surface area contributed by atoms with Crippen LogP contribution >= 0.6 is 15.9 Å². The van der Waals surface area contributed by atoms with Crippen LogP contribution in [-0.2, 0) is 4.74 Å². The Morgan fingerprint density at radius 2 is 2.20 bits per heavy atom. The van der Waals surface area contributed by atoms with Gasteiger partial charge in [0.15, 0.2) is 0 Å². The van der Waals surface area contributed by atoms with Crippen molar-refractivity contribution in [1.82, 2.24) is 9.97 Å². The van der Waals surface area contributed by atoms with Gasteiger partial charge in [-0.1, -0.05) is 15.9 Å². The third-order valence-corrected chi connectivity index (χ3v) is 3.68. The molecule has 6 heteroatoms. The van der Waals surface area contributed by atoms with Crippen LogP contribution in [0.2, 0.25) is 0 Å². The highest BCUT2D eigenvalue weighted by molar-refractivity contribution is 9.09. The van der Waals surface area contributed by atoms with Crippen molar-refractivity contribution in [2.24, 2.45) is 0 Å². The maximum Gasteiger partial charge on any atom is 0.229 e. The van der Waals surface area contributed by atoms with Gasteiger partial charge in [-0.3, -0.25) is 0 Å². The number of aryl methyl sites for hydroxylation is 1. The van der Waals surface area contributed by atoms with E-state index in [1.54, 1.807) is 0 Å². The van der Waals surface area contributed by atoms with Gasteiger partial charge in [0.25, 0.3) is 0 Å². The molecule has 0 radical (unpaired) electrons. The summed E-state index contributed by atoms with van der Waals surface area (Å²) in [7, 11) is 0. The van der Waals surface area contributed by atoms with E-state index < -0.39 is 0 Å². The number of rotatable bonds is 4. The van der Waals surface area contributed by atoms with E-state index in [2.05, 4.69) is 37.7 Å². The second-order valence-corrected chi connectivity index (χ2v) is 6.09. The lowest BCUT2D eigenvalue weighted by molar-refractivity contribution is -0.00255. The van der Waals surface area contributed by atoms with Gasteiger partial charge in [0.2, 0.25) is 11.8 Å². The summed E-state index contributed by atoms with van der Waals surface area (Å²) in [5.41, 5.74) is 0.917. The lowest BCUT2D eigenvalue weighted by atomic mass is 10.2. The number of hydrogen-bond donors (Lipinski definition) is 0. The molecule has 1 aromatic heterocycles. The van der Waals surface area contributed by atoms with Crippen molar-refractivity contribution in [2.75, 3.05) is 23.3 Å². The number of aromatic nitrogens is 2. The minimum atomic E-state index is 0.107. The molecule has 5 nitrogen and oxygen atoms in total. The monoisotopic (exact) mass is 343 g/mol. The highest BCUT2D eigenvalue weighted by Gasteiger charge is 2.26. The third-order valence-electron chi connectivity index (χ3n) is 2.96. The fourth-order valence-electron chi connectivity index (χ4n) is 2.26. The molecule has 0 N–H and O–H groups in total. The van der Waals surface area contributed by atoms with Crippen molar-refractivity contribution in [1.29, 1.82) is 0 Å². The van der Waals surface area contributed by atoms with Crippen molar-refractivity contribution < 1.29 is 9.47 Å². The molecule has 2 heterocycles. The summed E-state index contributed by atoms with van der Waals surface area (Å²) in [5, 5.41) is 0.814. The molecular weight excluding hydrogens is 322 g/mol. The Morgan fingerprint density at radius 3 is 2.85 bits per heavy atom. The zero-order valence-corrected chi connectivity index (χ0v) is 14.1. The summed E-state index contributed by atoms with van der Waals surface area (Å²) >= 11 is 3.48. The molecule has 1 aromatic rings. The Balaban J connectivity index is 2.20. The van der Waals surface area contributed by atoms with E-state index in [1.165, 1.54) is 0 Å². The van der Waals surface area contributed by atoms with Crippen LogP contribution in [0.15, 0.2) is 6.07 Å². The lowest BCUT2D eigenvalue weighted by Crippen LogP contribution is -2.48. The molecule has 1 aliphatic heterocycles. The molecular formula is C14H22BrN3O2. The van der Waals surface area contributed by atoms with E-state index in [0.29, 0.717) is 5.88 Å². The highest BCUT2D eigenvalue weighted by Crippen LogP contribution is 2.21. The Kier molecular flexibility index (Phi) is 5.21. The molecule has 1 fully saturated rings. The molecule has 0 amide bonds. The number of anilines is 1. The molecule has 0 aliphatic carbocycles. The van der Waals surface area contributed by atoms with Crippen molar-refractivity contribution in [3.63, 3.8) is 0 Å². The lowest BCUT2D eigenvalue weighted by Gasteiger charge is -2.36. The van der Waals surface area contributed by atoms with Crippen molar-refractivity contribution in [2.45, 2.75) is 46.0 Å². The first-order valence-corrected chi connectivity index (χ1v) is 8.08. The number of halogens is 1. The molecule has 2 unspecified atom stereocenters. The summed E-state index contributed by atoms with van der Waals surface area (Å²) in [6.45, 7) is 9.62. The van der Waals surface area contributed by atoms with Gasteiger partial charge < -0.3 is 14.4 Å². The predicted octanol–water partition coefficient (Wildman–Crippen LogP) is 2.56. The van der Waals surface area contributed by atoms with Crippen molar-refractivity contribution >= 4 is 21.9 Å². The minimum absolute atomic E-state index is 0.107. The molecule has 0 saturated carbocycles. The number of hydrogen-bond acceptors (Lipinski definition) is 5. The first-order valence-electron chi connectivity index (χ1n) is 6.96. The standard InChI is InChI=1S/C14H22BrN3O2/c1-9(2)19-13-5-10(3)16-14(17-13)18-7-11(4)20-12(6-15)8-18/h5,9,11-12H,6-8H2,1-4H3. The van der Waals surface area contributed by atoms with Crippen LogP contribution in [0.3, 0.4) is 0 Å². The number of alkyl halides is 1. The van der Waals surface area contributed by atoms with Crippen LogP contribution in [0.1, 0.15) is 26.5 Å². The van der Waals surface area contributed by atoms with Crippen LogP contribution in [0.5, 0.6) is 5.88 Å². The highest BCUT2D eigenvalue weighted by atomic mass is 79.9. The van der Waals surface area contributed by atoms with Gasteiger partial charge in [-0.25, -0.2) is 4.98 Å². The zero-order chi connectivity index (χ0) is 14.7. The normalized spacial score (nSPS) is 23.2. The van der Waals surface area contributed by atoms with Crippen LogP contribution in [0, 0.1) is 6.92 Å². The number of nitrogens with zero attached hydrogens (tertiary/aromatic N) is 3. The molecule has 112 valence electrons. The van der Waals surface area contributed by atoms with Crippen molar-refractivity contribution in [3.05, 3.63) is 11.8 Å². The fourth-order valence-corrected chi connectivity index (χ4v) is 2.62. The Bertz CT molecular complexity index is 456.